The van der Waals surface area contributed by atoms with Gasteiger partial charge in [0.15, 0.2) is 0 Å². The zero-order valence-electron chi connectivity index (χ0n) is 13.9. The number of nitrogens with zero attached hydrogens (tertiary/aromatic N) is 3. The third-order valence-electron chi connectivity index (χ3n) is 3.37. The summed E-state index contributed by atoms with van der Waals surface area (Å²) in [7, 11) is 1.74. The molecular weight excluding hydrogens is 340 g/mol. The van der Waals surface area contributed by atoms with E-state index in [0.29, 0.717) is 17.5 Å². The molecule has 0 aromatic carbocycles. The first kappa shape index (κ1) is 17.1. The molecule has 3 heterocycles. The predicted molar refractivity (Wildman–Crippen MR) is 94.7 cm³/mol. The second kappa shape index (κ2) is 7.89. The van der Waals surface area contributed by atoms with Crippen LogP contribution < -0.4 is 0 Å². The van der Waals surface area contributed by atoms with Crippen molar-refractivity contribution in [1.82, 2.24) is 20.1 Å². The summed E-state index contributed by atoms with van der Waals surface area (Å²) >= 11 is 1.28. The van der Waals surface area contributed by atoms with Crippen molar-refractivity contribution >= 4 is 29.8 Å². The topological polar surface area (TPSA) is 88.2 Å². The van der Waals surface area contributed by atoms with E-state index in [1.54, 1.807) is 30.4 Å². The molecule has 3 aromatic heterocycles. The lowest BCUT2D eigenvalue weighted by Crippen LogP contribution is -2.27. The molecule has 130 valence electrons. The molecule has 0 atom stereocenters. The highest BCUT2D eigenvalue weighted by Gasteiger charge is 2.12. The maximum absolute atomic E-state index is 12.1. The molecule has 0 fully saturated rings. The summed E-state index contributed by atoms with van der Waals surface area (Å²) in [5.74, 6) is 3.19. The van der Waals surface area contributed by atoms with Gasteiger partial charge in [-0.05, 0) is 43.3 Å². The molecule has 0 bridgehead atoms. The Hall–Kier alpha value is -2.74. The number of H-pyrrole nitrogens is 1. The van der Waals surface area contributed by atoms with Crippen molar-refractivity contribution < 1.29 is 13.6 Å². The van der Waals surface area contributed by atoms with Gasteiger partial charge < -0.3 is 13.7 Å². The summed E-state index contributed by atoms with van der Waals surface area (Å²) in [6.45, 7) is 2.33. The Bertz CT molecular complexity index is 851. The number of aromatic amines is 1. The van der Waals surface area contributed by atoms with Crippen LogP contribution in [0.25, 0.3) is 12.2 Å². The van der Waals surface area contributed by atoms with Crippen LogP contribution in [0.3, 0.4) is 0 Å². The number of furan rings is 2. The van der Waals surface area contributed by atoms with E-state index in [-0.39, 0.29) is 11.7 Å². The molecule has 0 saturated heterocycles. The first-order valence-corrected chi connectivity index (χ1v) is 8.65. The summed E-state index contributed by atoms with van der Waals surface area (Å²) in [6, 6.07) is 7.41. The maximum atomic E-state index is 12.1. The van der Waals surface area contributed by atoms with Crippen molar-refractivity contribution in [3.05, 3.63) is 53.6 Å². The number of hydrogen-bond acceptors (Lipinski definition) is 6. The van der Waals surface area contributed by atoms with Gasteiger partial charge in [-0.1, -0.05) is 11.8 Å². The Balaban J connectivity index is 1.49. The third kappa shape index (κ3) is 4.87. The Morgan fingerprint density at radius 3 is 2.96 bits per heavy atom. The quantitative estimate of drug-likeness (QED) is 0.653. The Morgan fingerprint density at radius 1 is 1.36 bits per heavy atom. The van der Waals surface area contributed by atoms with E-state index in [1.807, 2.05) is 31.2 Å². The van der Waals surface area contributed by atoms with Crippen LogP contribution in [-0.2, 0) is 11.3 Å². The molecule has 0 aliphatic heterocycles. The van der Waals surface area contributed by atoms with Crippen LogP contribution in [0.15, 0.2) is 44.5 Å². The largest absolute Gasteiger partial charge is 0.467 e. The summed E-state index contributed by atoms with van der Waals surface area (Å²) in [5.41, 5.74) is 0. The second-order valence-electron chi connectivity index (χ2n) is 5.40. The molecule has 8 heteroatoms. The molecule has 3 aromatic rings. The zero-order valence-corrected chi connectivity index (χ0v) is 14.7. The summed E-state index contributed by atoms with van der Waals surface area (Å²) in [4.78, 5) is 18.1. The maximum Gasteiger partial charge on any atom is 0.233 e. The lowest BCUT2D eigenvalue weighted by Gasteiger charge is -2.14. The van der Waals surface area contributed by atoms with Crippen molar-refractivity contribution in [3.8, 4) is 0 Å². The monoisotopic (exact) mass is 358 g/mol. The molecule has 0 aliphatic carbocycles. The van der Waals surface area contributed by atoms with Gasteiger partial charge in [-0.2, -0.15) is 0 Å². The first-order chi connectivity index (χ1) is 12.1. The van der Waals surface area contributed by atoms with Gasteiger partial charge in [0.1, 0.15) is 23.1 Å². The van der Waals surface area contributed by atoms with Crippen LogP contribution in [0, 0.1) is 6.92 Å². The molecule has 0 unspecified atom stereocenters. The van der Waals surface area contributed by atoms with Crippen LogP contribution in [-0.4, -0.2) is 38.8 Å². The highest BCUT2D eigenvalue weighted by molar-refractivity contribution is 7.99. The number of rotatable bonds is 7. The molecule has 1 amide bonds. The van der Waals surface area contributed by atoms with Crippen LogP contribution in [0.1, 0.15) is 23.1 Å². The normalized spacial score (nSPS) is 11.3. The molecule has 0 radical (unpaired) electrons. The fourth-order valence-corrected chi connectivity index (χ4v) is 2.81. The molecule has 3 rings (SSSR count). The number of amides is 1. The van der Waals surface area contributed by atoms with Gasteiger partial charge >= 0.3 is 0 Å². The molecule has 0 saturated carbocycles. The minimum absolute atomic E-state index is 0.0191. The number of aromatic nitrogens is 3. The van der Waals surface area contributed by atoms with Crippen molar-refractivity contribution in [2.45, 2.75) is 18.6 Å². The van der Waals surface area contributed by atoms with Crippen LogP contribution in [0.2, 0.25) is 0 Å². The fraction of sp³-hybridized carbons (Fsp3) is 0.235. The third-order valence-corrected chi connectivity index (χ3v) is 4.20. The SMILES string of the molecule is Cc1ccc(/C=C/c2nc(SCC(=O)N(C)Cc3ccco3)n[nH]2)o1. The summed E-state index contributed by atoms with van der Waals surface area (Å²) in [5, 5.41) is 7.44. The van der Waals surface area contributed by atoms with Crippen molar-refractivity contribution in [2.75, 3.05) is 12.8 Å². The molecule has 1 N–H and O–H groups in total. The van der Waals surface area contributed by atoms with Crippen molar-refractivity contribution in [2.24, 2.45) is 0 Å². The molecule has 25 heavy (non-hydrogen) atoms. The van der Waals surface area contributed by atoms with Gasteiger partial charge in [0, 0.05) is 7.05 Å². The van der Waals surface area contributed by atoms with E-state index in [0.717, 1.165) is 17.3 Å². The van der Waals surface area contributed by atoms with Gasteiger partial charge in [0.2, 0.25) is 11.1 Å². The predicted octanol–water partition coefficient (Wildman–Crippen LogP) is 3.22. The Morgan fingerprint density at radius 2 is 2.24 bits per heavy atom. The van der Waals surface area contributed by atoms with E-state index in [4.69, 9.17) is 8.83 Å². The number of thioether (sulfide) groups is 1. The van der Waals surface area contributed by atoms with Crippen LogP contribution >= 0.6 is 11.8 Å². The summed E-state index contributed by atoms with van der Waals surface area (Å²) in [6.07, 6.45) is 5.18. The van der Waals surface area contributed by atoms with Gasteiger partial charge in [0.05, 0.1) is 18.6 Å². The van der Waals surface area contributed by atoms with Crippen molar-refractivity contribution in [3.63, 3.8) is 0 Å². The molecule has 0 aliphatic rings. The number of hydrogen-bond donors (Lipinski definition) is 1. The number of carbonyl (C=O) groups is 1. The zero-order chi connectivity index (χ0) is 17.6. The van der Waals surface area contributed by atoms with Crippen molar-refractivity contribution in [1.29, 1.82) is 0 Å². The number of carbonyl (C=O) groups excluding carboxylic acids is 1. The lowest BCUT2D eigenvalue weighted by atomic mass is 10.4. The fourth-order valence-electron chi connectivity index (χ4n) is 2.06. The van der Waals surface area contributed by atoms with Crippen LogP contribution in [0.5, 0.6) is 0 Å². The van der Waals surface area contributed by atoms with E-state index in [1.165, 1.54) is 11.8 Å². The van der Waals surface area contributed by atoms with E-state index >= 15 is 0 Å². The Labute approximate surface area is 149 Å². The van der Waals surface area contributed by atoms with Gasteiger partial charge in [-0.15, -0.1) is 5.10 Å². The van der Waals surface area contributed by atoms with E-state index in [2.05, 4.69) is 15.2 Å². The standard InChI is InChI=1S/C17H18N4O3S/c1-12-5-6-13(24-12)7-8-15-18-17(20-19-15)25-11-16(22)21(2)10-14-4-3-9-23-14/h3-9H,10-11H2,1-2H3,(H,18,19,20)/b8-7+. The second-order valence-corrected chi connectivity index (χ2v) is 6.35. The lowest BCUT2D eigenvalue weighted by molar-refractivity contribution is -0.127. The minimum Gasteiger partial charge on any atom is -0.467 e. The Kier molecular flexibility index (Phi) is 5.39. The molecular formula is C17H18N4O3S. The highest BCUT2D eigenvalue weighted by Crippen LogP contribution is 2.15. The van der Waals surface area contributed by atoms with Gasteiger partial charge in [-0.3, -0.25) is 9.89 Å². The van der Waals surface area contributed by atoms with Gasteiger partial charge in [-0.25, -0.2) is 4.98 Å². The number of nitrogens with one attached hydrogen (secondary N) is 1. The first-order valence-electron chi connectivity index (χ1n) is 7.66. The molecule has 7 nitrogen and oxygen atoms in total. The average Bonchev–Trinajstić information content (AvgIpc) is 3.33. The smallest absolute Gasteiger partial charge is 0.233 e. The average molecular weight is 358 g/mol. The van der Waals surface area contributed by atoms with E-state index < -0.39 is 0 Å². The van der Waals surface area contributed by atoms with Gasteiger partial charge in [0.25, 0.3) is 0 Å². The van der Waals surface area contributed by atoms with E-state index in [9.17, 15) is 4.79 Å². The number of aryl methyl sites for hydroxylation is 1. The highest BCUT2D eigenvalue weighted by atomic mass is 32.2. The summed E-state index contributed by atoms with van der Waals surface area (Å²) < 4.78 is 10.7. The molecule has 0 spiro atoms. The van der Waals surface area contributed by atoms with Crippen LogP contribution in [0.4, 0.5) is 0 Å². The minimum atomic E-state index is -0.0191.